The molecule has 1 nitrogen and oxygen atoms in total. The summed E-state index contributed by atoms with van der Waals surface area (Å²) in [5.74, 6) is 1.16. The third-order valence-corrected chi connectivity index (χ3v) is 1.94. The number of allylic oxidation sites excluding steroid dienone is 2. The molecule has 0 unspecified atom stereocenters. The van der Waals surface area contributed by atoms with Crippen LogP contribution < -0.4 is 0 Å². The minimum Gasteiger partial charge on any atom is -0.501 e. The van der Waals surface area contributed by atoms with Crippen LogP contribution in [0.1, 0.15) is 52.4 Å². The molecule has 0 rings (SSSR count). The maximum absolute atomic E-state index is 5.23. The van der Waals surface area contributed by atoms with Crippen LogP contribution in [0, 0.1) is 0 Å². The van der Waals surface area contributed by atoms with Crippen molar-refractivity contribution in [1.82, 2.24) is 0 Å². The second-order valence-electron chi connectivity index (χ2n) is 3.12. The SMILES string of the molecule is CCCCC/C=C(\CCC)OC. The van der Waals surface area contributed by atoms with Crippen LogP contribution in [0.25, 0.3) is 0 Å². The van der Waals surface area contributed by atoms with E-state index in [4.69, 9.17) is 4.74 Å². The van der Waals surface area contributed by atoms with Crippen molar-refractivity contribution in [2.45, 2.75) is 52.4 Å². The van der Waals surface area contributed by atoms with E-state index in [1.165, 1.54) is 32.1 Å². The molecule has 0 aliphatic rings. The van der Waals surface area contributed by atoms with Gasteiger partial charge in [-0.15, -0.1) is 0 Å². The van der Waals surface area contributed by atoms with Crippen molar-refractivity contribution in [2.75, 3.05) is 7.11 Å². The molecular weight excluding hydrogens is 148 g/mol. The van der Waals surface area contributed by atoms with Gasteiger partial charge in [-0.25, -0.2) is 0 Å². The number of unbranched alkanes of at least 4 members (excludes halogenated alkanes) is 3. The molecule has 0 fully saturated rings. The Morgan fingerprint density at radius 3 is 2.42 bits per heavy atom. The van der Waals surface area contributed by atoms with Gasteiger partial charge in [0.25, 0.3) is 0 Å². The van der Waals surface area contributed by atoms with E-state index in [1.807, 2.05) is 0 Å². The van der Waals surface area contributed by atoms with Crippen LogP contribution in [0.5, 0.6) is 0 Å². The average Bonchev–Trinajstić information content (AvgIpc) is 2.10. The molecule has 0 aliphatic heterocycles. The van der Waals surface area contributed by atoms with Crippen molar-refractivity contribution in [3.05, 3.63) is 11.8 Å². The summed E-state index contributed by atoms with van der Waals surface area (Å²) in [5, 5.41) is 0. The minimum atomic E-state index is 1.09. The zero-order chi connectivity index (χ0) is 9.23. The predicted molar refractivity (Wildman–Crippen MR) is 54.1 cm³/mol. The Hall–Kier alpha value is -0.460. The van der Waals surface area contributed by atoms with Crippen molar-refractivity contribution in [2.24, 2.45) is 0 Å². The predicted octanol–water partition coefficient (Wildman–Crippen LogP) is 3.90. The molecule has 0 heterocycles. The molecule has 0 aromatic carbocycles. The summed E-state index contributed by atoms with van der Waals surface area (Å²) in [4.78, 5) is 0. The minimum absolute atomic E-state index is 1.09. The van der Waals surface area contributed by atoms with Gasteiger partial charge in [0.15, 0.2) is 0 Å². The highest BCUT2D eigenvalue weighted by atomic mass is 16.5. The van der Waals surface area contributed by atoms with Gasteiger partial charge >= 0.3 is 0 Å². The molecule has 0 radical (unpaired) electrons. The van der Waals surface area contributed by atoms with Gasteiger partial charge in [-0.05, 0) is 25.3 Å². The van der Waals surface area contributed by atoms with E-state index in [0.717, 1.165) is 12.2 Å². The number of hydrogen-bond acceptors (Lipinski definition) is 1. The Morgan fingerprint density at radius 1 is 1.17 bits per heavy atom. The first-order valence-corrected chi connectivity index (χ1v) is 5.08. The fraction of sp³-hybridized carbons (Fsp3) is 0.818. The molecule has 0 aliphatic carbocycles. The molecule has 0 amide bonds. The molecule has 12 heavy (non-hydrogen) atoms. The number of methoxy groups -OCH3 is 1. The quantitative estimate of drug-likeness (QED) is 0.416. The van der Waals surface area contributed by atoms with Gasteiger partial charge < -0.3 is 4.74 Å². The maximum atomic E-state index is 5.23. The summed E-state index contributed by atoms with van der Waals surface area (Å²) in [7, 11) is 1.77. The van der Waals surface area contributed by atoms with E-state index in [9.17, 15) is 0 Å². The van der Waals surface area contributed by atoms with Gasteiger partial charge in [0.1, 0.15) is 0 Å². The first kappa shape index (κ1) is 11.5. The third-order valence-electron chi connectivity index (χ3n) is 1.94. The lowest BCUT2D eigenvalue weighted by atomic mass is 10.1. The molecule has 1 heteroatoms. The normalized spacial score (nSPS) is 11.8. The first-order valence-electron chi connectivity index (χ1n) is 5.08. The molecule has 0 N–H and O–H groups in total. The fourth-order valence-corrected chi connectivity index (χ4v) is 1.19. The number of rotatable bonds is 7. The highest BCUT2D eigenvalue weighted by Crippen LogP contribution is 2.08. The summed E-state index contributed by atoms with van der Waals surface area (Å²) < 4.78 is 5.23. The van der Waals surface area contributed by atoms with Crippen LogP contribution in [0.15, 0.2) is 11.8 Å². The molecule has 0 bridgehead atoms. The van der Waals surface area contributed by atoms with Crippen LogP contribution in [0.4, 0.5) is 0 Å². The maximum Gasteiger partial charge on any atom is 0.0915 e. The molecule has 0 spiro atoms. The van der Waals surface area contributed by atoms with Crippen LogP contribution in [-0.2, 0) is 4.74 Å². The number of hydrogen-bond donors (Lipinski definition) is 0. The third kappa shape index (κ3) is 6.26. The van der Waals surface area contributed by atoms with Crippen LogP contribution >= 0.6 is 0 Å². The van der Waals surface area contributed by atoms with Gasteiger partial charge in [-0.2, -0.15) is 0 Å². The first-order chi connectivity index (χ1) is 5.85. The second kappa shape index (κ2) is 8.63. The van der Waals surface area contributed by atoms with Gasteiger partial charge in [-0.1, -0.05) is 26.7 Å². The van der Waals surface area contributed by atoms with E-state index in [1.54, 1.807) is 7.11 Å². The Labute approximate surface area is 76.8 Å². The summed E-state index contributed by atoms with van der Waals surface area (Å²) >= 11 is 0. The lowest BCUT2D eigenvalue weighted by Crippen LogP contribution is -1.86. The summed E-state index contributed by atoms with van der Waals surface area (Å²) in [6.45, 7) is 4.41. The highest BCUT2D eigenvalue weighted by molar-refractivity contribution is 4.92. The fourth-order valence-electron chi connectivity index (χ4n) is 1.19. The van der Waals surface area contributed by atoms with Crippen LogP contribution in [-0.4, -0.2) is 7.11 Å². The summed E-state index contributed by atoms with van der Waals surface area (Å²) in [5.41, 5.74) is 0. The van der Waals surface area contributed by atoms with Gasteiger partial charge in [0.2, 0.25) is 0 Å². The van der Waals surface area contributed by atoms with E-state index >= 15 is 0 Å². The van der Waals surface area contributed by atoms with Gasteiger partial charge in [-0.3, -0.25) is 0 Å². The van der Waals surface area contributed by atoms with Crippen molar-refractivity contribution in [3.63, 3.8) is 0 Å². The van der Waals surface area contributed by atoms with E-state index in [-0.39, 0.29) is 0 Å². The Kier molecular flexibility index (Phi) is 8.30. The van der Waals surface area contributed by atoms with E-state index in [0.29, 0.717) is 0 Å². The molecule has 0 saturated carbocycles. The van der Waals surface area contributed by atoms with Crippen molar-refractivity contribution in [3.8, 4) is 0 Å². The van der Waals surface area contributed by atoms with E-state index < -0.39 is 0 Å². The van der Waals surface area contributed by atoms with E-state index in [2.05, 4.69) is 19.9 Å². The average molecular weight is 170 g/mol. The second-order valence-corrected chi connectivity index (χ2v) is 3.12. The number of ether oxygens (including phenoxy) is 1. The van der Waals surface area contributed by atoms with Crippen LogP contribution in [0.3, 0.4) is 0 Å². The Bertz CT molecular complexity index is 116. The molecular formula is C11H22O. The molecule has 0 atom stereocenters. The summed E-state index contributed by atoms with van der Waals surface area (Å²) in [6.07, 6.45) is 9.60. The Balaban J connectivity index is 3.48. The molecule has 0 aromatic rings. The molecule has 72 valence electrons. The van der Waals surface area contributed by atoms with Crippen molar-refractivity contribution >= 4 is 0 Å². The van der Waals surface area contributed by atoms with Gasteiger partial charge in [0.05, 0.1) is 12.9 Å². The highest BCUT2D eigenvalue weighted by Gasteiger charge is 1.92. The molecule has 0 saturated heterocycles. The monoisotopic (exact) mass is 170 g/mol. The topological polar surface area (TPSA) is 9.23 Å². The summed E-state index contributed by atoms with van der Waals surface area (Å²) in [6, 6.07) is 0. The standard InChI is InChI=1S/C11H22O/c1-4-6-7-8-10-11(12-3)9-5-2/h10H,4-9H2,1-3H3/b11-10+. The van der Waals surface area contributed by atoms with Crippen molar-refractivity contribution in [1.29, 1.82) is 0 Å². The molecule has 0 aromatic heterocycles. The Morgan fingerprint density at radius 2 is 1.92 bits per heavy atom. The largest absolute Gasteiger partial charge is 0.501 e. The lowest BCUT2D eigenvalue weighted by molar-refractivity contribution is 0.274. The van der Waals surface area contributed by atoms with Crippen molar-refractivity contribution < 1.29 is 4.74 Å². The van der Waals surface area contributed by atoms with Gasteiger partial charge in [0, 0.05) is 6.42 Å². The lowest BCUT2D eigenvalue weighted by Gasteiger charge is -2.03. The van der Waals surface area contributed by atoms with Crippen LogP contribution in [0.2, 0.25) is 0 Å². The smallest absolute Gasteiger partial charge is 0.0915 e. The zero-order valence-corrected chi connectivity index (χ0v) is 8.73. The zero-order valence-electron chi connectivity index (χ0n) is 8.73.